The number of carbonyl (C=O) groups is 1. The minimum Gasteiger partial charge on any atom is -0.271 e. The Morgan fingerprint density at radius 2 is 2.04 bits per heavy atom. The maximum Gasteiger partial charge on any atom is 0.263 e. The van der Waals surface area contributed by atoms with E-state index in [2.05, 4.69) is 25.9 Å². The predicted octanol–water partition coefficient (Wildman–Crippen LogP) is 2.67. The summed E-state index contributed by atoms with van der Waals surface area (Å²) >= 11 is 5.96. The lowest BCUT2D eigenvalue weighted by molar-refractivity contribution is -0.122. The summed E-state index contributed by atoms with van der Waals surface area (Å²) in [6.45, 7) is 1.51. The molecule has 3 aromatic rings. The van der Waals surface area contributed by atoms with Crippen LogP contribution >= 0.6 is 11.6 Å². The Hall–Kier alpha value is -3.13. The molecule has 1 amide bonds. The van der Waals surface area contributed by atoms with Crippen molar-refractivity contribution in [2.24, 2.45) is 5.10 Å². The van der Waals surface area contributed by atoms with E-state index in [1.165, 1.54) is 23.0 Å². The van der Waals surface area contributed by atoms with Gasteiger partial charge in [-0.15, -0.1) is 10.2 Å². The fourth-order valence-corrected chi connectivity index (χ4v) is 2.47. The first-order valence-electron chi connectivity index (χ1n) is 7.65. The van der Waals surface area contributed by atoms with Crippen LogP contribution in [0.15, 0.2) is 53.6 Å². The van der Waals surface area contributed by atoms with Crippen LogP contribution in [0.5, 0.6) is 0 Å². The van der Waals surface area contributed by atoms with E-state index in [-0.39, 0.29) is 11.6 Å². The van der Waals surface area contributed by atoms with E-state index in [1.54, 1.807) is 6.92 Å². The molecule has 0 aliphatic carbocycles. The molecule has 0 unspecified atom stereocenters. The summed E-state index contributed by atoms with van der Waals surface area (Å²) in [6.07, 6.45) is 0. The summed E-state index contributed by atoms with van der Waals surface area (Å²) in [5.74, 6) is -0.446. The van der Waals surface area contributed by atoms with E-state index >= 15 is 0 Å². The molecule has 0 aliphatic rings. The first-order chi connectivity index (χ1) is 12.5. The molecule has 0 atom stereocenters. The predicted molar refractivity (Wildman–Crippen MR) is 95.0 cm³/mol. The van der Waals surface area contributed by atoms with Crippen LogP contribution in [-0.4, -0.2) is 31.8 Å². The lowest BCUT2D eigenvalue weighted by Gasteiger charge is -2.04. The number of hydrazone groups is 1. The average Bonchev–Trinajstić information content (AvgIpc) is 3.09. The lowest BCUT2D eigenvalue weighted by atomic mass is 10.1. The molecule has 0 saturated heterocycles. The van der Waals surface area contributed by atoms with Crippen LogP contribution in [0.3, 0.4) is 0 Å². The number of nitrogens with one attached hydrogen (secondary N) is 1. The van der Waals surface area contributed by atoms with Gasteiger partial charge in [0.25, 0.3) is 5.91 Å². The van der Waals surface area contributed by atoms with Gasteiger partial charge in [-0.1, -0.05) is 41.9 Å². The number of halogens is 2. The second kappa shape index (κ2) is 7.83. The van der Waals surface area contributed by atoms with Crippen molar-refractivity contribution in [3.8, 4) is 11.4 Å². The Kier molecular flexibility index (Phi) is 5.33. The first-order valence-corrected chi connectivity index (χ1v) is 8.02. The quantitative estimate of drug-likeness (QED) is 0.551. The van der Waals surface area contributed by atoms with Gasteiger partial charge in [0.1, 0.15) is 12.4 Å². The van der Waals surface area contributed by atoms with Gasteiger partial charge in [-0.3, -0.25) is 4.79 Å². The topological polar surface area (TPSA) is 85.1 Å². The first kappa shape index (κ1) is 17.7. The summed E-state index contributed by atoms with van der Waals surface area (Å²) in [6, 6.07) is 13.3. The smallest absolute Gasteiger partial charge is 0.263 e. The zero-order valence-electron chi connectivity index (χ0n) is 13.7. The summed E-state index contributed by atoms with van der Waals surface area (Å²) in [5, 5.41) is 16.1. The molecule has 26 heavy (non-hydrogen) atoms. The van der Waals surface area contributed by atoms with E-state index in [0.717, 1.165) is 5.56 Å². The third-order valence-corrected chi connectivity index (χ3v) is 3.75. The minimum absolute atomic E-state index is 0.145. The molecule has 0 fully saturated rings. The number of carbonyl (C=O) groups excluding carboxylic acids is 1. The van der Waals surface area contributed by atoms with E-state index in [1.807, 2.05) is 30.3 Å². The van der Waals surface area contributed by atoms with Gasteiger partial charge in [-0.2, -0.15) is 9.90 Å². The normalized spacial score (nSPS) is 11.4. The Morgan fingerprint density at radius 1 is 1.27 bits per heavy atom. The maximum absolute atomic E-state index is 13.1. The molecule has 3 rings (SSSR count). The van der Waals surface area contributed by atoms with Gasteiger partial charge in [-0.25, -0.2) is 9.82 Å². The number of nitrogens with zero attached hydrogens (tertiary/aromatic N) is 5. The van der Waals surface area contributed by atoms with Crippen molar-refractivity contribution in [1.29, 1.82) is 0 Å². The van der Waals surface area contributed by atoms with Crippen LogP contribution in [0.4, 0.5) is 4.39 Å². The average molecular weight is 373 g/mol. The van der Waals surface area contributed by atoms with E-state index in [0.29, 0.717) is 17.1 Å². The van der Waals surface area contributed by atoms with Gasteiger partial charge in [0.2, 0.25) is 5.82 Å². The molecule has 1 heterocycles. The monoisotopic (exact) mass is 372 g/mol. The second-order valence-electron chi connectivity index (χ2n) is 5.37. The molecule has 2 aromatic carbocycles. The summed E-state index contributed by atoms with van der Waals surface area (Å²) in [4.78, 5) is 13.2. The molecule has 1 N–H and O–H groups in total. The molecule has 0 bridgehead atoms. The Labute approximate surface area is 153 Å². The molecule has 7 nitrogen and oxygen atoms in total. The van der Waals surface area contributed by atoms with Gasteiger partial charge in [0.05, 0.1) is 10.7 Å². The molecular formula is C17H14ClFN6O. The Balaban J connectivity index is 1.63. The fraction of sp³-hybridized carbons (Fsp3) is 0.118. The van der Waals surface area contributed by atoms with Crippen molar-refractivity contribution in [2.45, 2.75) is 13.5 Å². The lowest BCUT2D eigenvalue weighted by Crippen LogP contribution is -2.25. The van der Waals surface area contributed by atoms with Gasteiger partial charge in [0.15, 0.2) is 0 Å². The van der Waals surface area contributed by atoms with Gasteiger partial charge in [0, 0.05) is 11.1 Å². The highest BCUT2D eigenvalue weighted by Gasteiger charge is 2.10. The highest BCUT2D eigenvalue weighted by molar-refractivity contribution is 6.34. The largest absolute Gasteiger partial charge is 0.271 e. The van der Waals surface area contributed by atoms with Gasteiger partial charge >= 0.3 is 0 Å². The van der Waals surface area contributed by atoms with Crippen LogP contribution in [0, 0.1) is 5.82 Å². The third-order valence-electron chi connectivity index (χ3n) is 3.44. The van der Waals surface area contributed by atoms with Crippen LogP contribution in [0.25, 0.3) is 11.4 Å². The molecule has 0 aliphatic heterocycles. The molecule has 9 heteroatoms. The number of benzene rings is 2. The van der Waals surface area contributed by atoms with Crippen molar-refractivity contribution in [3.05, 3.63) is 64.9 Å². The van der Waals surface area contributed by atoms with Crippen molar-refractivity contribution in [1.82, 2.24) is 25.6 Å². The fourth-order valence-electron chi connectivity index (χ4n) is 2.17. The molecule has 0 saturated carbocycles. The number of hydrogen-bond donors (Lipinski definition) is 1. The number of tetrazole rings is 1. The standard InChI is InChI=1S/C17H14ClFN6O/c1-11(14-8-7-13(19)9-15(14)18)20-21-16(26)10-25-23-17(22-24-25)12-5-3-2-4-6-12/h2-9H,10H2,1H3,(H,21,26)/b20-11-. The molecular weight excluding hydrogens is 359 g/mol. The highest BCUT2D eigenvalue weighted by atomic mass is 35.5. The zero-order valence-corrected chi connectivity index (χ0v) is 14.5. The molecule has 1 aromatic heterocycles. The van der Waals surface area contributed by atoms with E-state index in [9.17, 15) is 9.18 Å². The van der Waals surface area contributed by atoms with Crippen LogP contribution in [0.1, 0.15) is 12.5 Å². The van der Waals surface area contributed by atoms with Crippen LogP contribution in [-0.2, 0) is 11.3 Å². The minimum atomic E-state index is -0.443. The van der Waals surface area contributed by atoms with Crippen LogP contribution in [0.2, 0.25) is 5.02 Å². The zero-order chi connectivity index (χ0) is 18.5. The summed E-state index contributed by atoms with van der Waals surface area (Å²) < 4.78 is 13.1. The number of hydrogen-bond acceptors (Lipinski definition) is 5. The summed E-state index contributed by atoms with van der Waals surface area (Å²) in [7, 11) is 0. The Bertz CT molecular complexity index is 957. The van der Waals surface area contributed by atoms with E-state index < -0.39 is 11.7 Å². The number of amides is 1. The summed E-state index contributed by atoms with van der Waals surface area (Å²) in [5.41, 5.74) is 4.16. The van der Waals surface area contributed by atoms with Crippen LogP contribution < -0.4 is 5.43 Å². The number of rotatable bonds is 5. The van der Waals surface area contributed by atoms with Crippen molar-refractivity contribution in [3.63, 3.8) is 0 Å². The number of aromatic nitrogens is 4. The Morgan fingerprint density at radius 3 is 2.77 bits per heavy atom. The van der Waals surface area contributed by atoms with Crippen molar-refractivity contribution < 1.29 is 9.18 Å². The second-order valence-corrected chi connectivity index (χ2v) is 5.77. The SMILES string of the molecule is C/C(=N/NC(=O)Cn1nnc(-c2ccccc2)n1)c1ccc(F)cc1Cl. The highest BCUT2D eigenvalue weighted by Crippen LogP contribution is 2.17. The van der Waals surface area contributed by atoms with E-state index in [4.69, 9.17) is 11.6 Å². The molecule has 132 valence electrons. The van der Waals surface area contributed by atoms with Gasteiger partial charge < -0.3 is 0 Å². The van der Waals surface area contributed by atoms with Crippen molar-refractivity contribution >= 4 is 23.2 Å². The molecule has 0 radical (unpaired) electrons. The third kappa shape index (κ3) is 4.28. The van der Waals surface area contributed by atoms with Gasteiger partial charge in [-0.05, 0) is 30.3 Å². The maximum atomic E-state index is 13.1. The molecule has 0 spiro atoms. The van der Waals surface area contributed by atoms with Crippen molar-refractivity contribution in [2.75, 3.05) is 0 Å².